The van der Waals surface area contributed by atoms with E-state index < -0.39 is 108 Å². The summed E-state index contributed by atoms with van der Waals surface area (Å²) in [6.07, 6.45) is 0.808. The molecule has 0 aromatic heterocycles. The molecule has 398 valence electrons. The number of likely N-dealkylation sites (N-methyl/N-ethyl adjacent to an activating group) is 2. The maximum absolute atomic E-state index is 14.1. The Morgan fingerprint density at radius 1 is 0.729 bits per heavy atom. The van der Waals surface area contributed by atoms with E-state index in [9.17, 15) is 53.1 Å². The van der Waals surface area contributed by atoms with Crippen molar-refractivity contribution in [3.05, 3.63) is 0 Å². The number of hydrogen-bond acceptors (Lipinski definition) is 13. The van der Waals surface area contributed by atoms with E-state index >= 15 is 0 Å². The van der Waals surface area contributed by atoms with Gasteiger partial charge in [0.05, 0.1) is 19.2 Å². The number of aliphatic imine (C=N–C) groups is 1. The van der Waals surface area contributed by atoms with Gasteiger partial charge in [-0.05, 0) is 77.2 Å². The first kappa shape index (κ1) is 61.9. The van der Waals surface area contributed by atoms with E-state index in [0.29, 0.717) is 45.2 Å². The first-order valence-electron chi connectivity index (χ1n) is 24.2. The average Bonchev–Trinajstić information content (AvgIpc) is 3.79. The van der Waals surface area contributed by atoms with Crippen LogP contribution in [-0.2, 0) is 47.9 Å². The van der Waals surface area contributed by atoms with Crippen LogP contribution in [0, 0.1) is 11.8 Å². The number of carbonyl (C=O) groups is 10. The molecule has 1 rings (SSSR count). The van der Waals surface area contributed by atoms with Gasteiger partial charge in [-0.1, -0.05) is 47.5 Å². The zero-order valence-corrected chi connectivity index (χ0v) is 42.5. The Hall–Kier alpha value is -6.11. The minimum absolute atomic E-state index is 0.0453. The summed E-state index contributed by atoms with van der Waals surface area (Å²) in [5.41, 5.74) is 16.7. The Labute approximate surface area is 411 Å². The van der Waals surface area contributed by atoms with Crippen LogP contribution in [0.3, 0.4) is 0 Å². The predicted molar refractivity (Wildman–Crippen MR) is 260 cm³/mol. The van der Waals surface area contributed by atoms with Crippen LogP contribution < -0.4 is 59.7 Å². The van der Waals surface area contributed by atoms with E-state index in [1.54, 1.807) is 34.6 Å². The van der Waals surface area contributed by atoms with E-state index in [-0.39, 0.29) is 69.0 Å². The normalized spacial score (nSPS) is 16.6. The van der Waals surface area contributed by atoms with E-state index in [1.165, 1.54) is 25.8 Å². The number of carbonyl (C=O) groups excluding carboxylic acids is 10. The van der Waals surface area contributed by atoms with E-state index in [1.807, 2.05) is 6.92 Å². The summed E-state index contributed by atoms with van der Waals surface area (Å²) in [5, 5.41) is 31.6. The van der Waals surface area contributed by atoms with Gasteiger partial charge in [0.2, 0.25) is 59.1 Å². The molecule has 0 unspecified atom stereocenters. The molecule has 0 bridgehead atoms. The van der Waals surface area contributed by atoms with Gasteiger partial charge in [0.25, 0.3) is 0 Å². The van der Waals surface area contributed by atoms with Crippen molar-refractivity contribution in [1.82, 2.24) is 52.3 Å². The van der Waals surface area contributed by atoms with Crippen molar-refractivity contribution in [2.75, 3.05) is 46.3 Å². The summed E-state index contributed by atoms with van der Waals surface area (Å²) in [7, 11) is 1.41. The smallest absolute Gasteiger partial charge is 0.245 e. The second-order valence-corrected chi connectivity index (χ2v) is 18.1. The van der Waals surface area contributed by atoms with Crippen molar-refractivity contribution in [2.24, 2.45) is 34.0 Å². The largest absolute Gasteiger partial charge is 0.391 e. The van der Waals surface area contributed by atoms with Crippen molar-refractivity contribution < 1.29 is 53.1 Å². The van der Waals surface area contributed by atoms with Crippen molar-refractivity contribution in [2.45, 2.75) is 162 Å². The Bertz CT molecular complexity index is 1810. The molecule has 25 nitrogen and oxygen atoms in total. The number of rotatable bonds is 31. The molecule has 0 aromatic rings. The molecule has 15 N–H and O–H groups in total. The summed E-state index contributed by atoms with van der Waals surface area (Å²) < 4.78 is 0. The molecule has 10 amide bonds. The Morgan fingerprint density at radius 3 is 1.86 bits per heavy atom. The maximum atomic E-state index is 14.1. The number of guanidine groups is 1. The van der Waals surface area contributed by atoms with Gasteiger partial charge in [-0.3, -0.25) is 52.9 Å². The summed E-state index contributed by atoms with van der Waals surface area (Å²) in [4.78, 5) is 139. The molecule has 0 radical (unpaired) electrons. The molecule has 0 spiro atoms. The number of hydrogen-bond donors (Lipinski definition) is 12. The molecular formula is C45H82N14O11. The lowest BCUT2D eigenvalue weighted by atomic mass is 9.96. The summed E-state index contributed by atoms with van der Waals surface area (Å²) >= 11 is 0. The molecular weight excluding hydrogens is 913 g/mol. The topological polar surface area (TPSA) is 384 Å². The van der Waals surface area contributed by atoms with Gasteiger partial charge in [0.15, 0.2) is 5.96 Å². The van der Waals surface area contributed by atoms with Crippen molar-refractivity contribution in [1.29, 1.82) is 0 Å². The fourth-order valence-electron chi connectivity index (χ4n) is 7.47. The molecule has 1 fully saturated rings. The Balaban J connectivity index is 3.29. The SMILES string of the molecule is CCC[C@H](NC(=O)[C@@H](NC(=O)[C@@H](CC(C)C)NC(=O)[C@H](CCN)NC(=O)CNC(=O)CN(C)C(C)=O)[C@@H](C)O)C(=O)N[C@H](C(=O)N[C@@H](CCCN=C(N)N)C(=O)N1CCC[C@H]1C(=O)NCC)[C@@H](C)CC. The highest BCUT2D eigenvalue weighted by molar-refractivity contribution is 5.98. The predicted octanol–water partition coefficient (Wildman–Crippen LogP) is -3.71. The van der Waals surface area contributed by atoms with Crippen molar-refractivity contribution in [3.8, 4) is 0 Å². The number of nitrogens with zero attached hydrogens (tertiary/aromatic N) is 3. The minimum Gasteiger partial charge on any atom is -0.391 e. The minimum atomic E-state index is -1.63. The van der Waals surface area contributed by atoms with Crippen LogP contribution in [0.25, 0.3) is 0 Å². The Morgan fingerprint density at radius 2 is 1.30 bits per heavy atom. The third-order valence-corrected chi connectivity index (χ3v) is 11.6. The van der Waals surface area contributed by atoms with Crippen molar-refractivity contribution in [3.63, 3.8) is 0 Å². The number of nitrogens with one attached hydrogen (secondary N) is 8. The number of aliphatic hydroxyl groups is 1. The Kier molecular flexibility index (Phi) is 28.2. The maximum Gasteiger partial charge on any atom is 0.245 e. The zero-order valence-electron chi connectivity index (χ0n) is 42.5. The molecule has 1 saturated heterocycles. The van der Waals surface area contributed by atoms with Gasteiger partial charge in [-0.15, -0.1) is 0 Å². The third-order valence-electron chi connectivity index (χ3n) is 11.6. The standard InChI is InChI=1S/C45H82N14O11/c1-10-15-29(39(65)56-36(26(6)11-2)42(68)54-31(16-13-20-50-45(47)48)44(70)59-21-14-17-33(59)41(67)49-12-3)53-43(69)37(27(7)60)57-40(66)32(22-25(4)5)55-38(64)30(18-19-46)52-34(62)23-51-35(63)24-58(9)28(8)61/h25-27,29-33,36-37,60H,10-24,46H2,1-9H3,(H,49,67)(H,51,63)(H,52,62)(H,53,69)(H,54,68)(H,55,64)(H,56,65)(H,57,66)(H4,47,48,50)/t26-,27+,29-,30-,31-,32+,33-,36-,37-/m0/s1. The molecule has 1 heterocycles. The molecule has 9 atom stereocenters. The quantitative estimate of drug-likeness (QED) is 0.0181. The molecule has 0 aromatic carbocycles. The lowest BCUT2D eigenvalue weighted by Gasteiger charge is -2.31. The summed E-state index contributed by atoms with van der Waals surface area (Å²) in [5.74, 6) is -7.33. The summed E-state index contributed by atoms with van der Waals surface area (Å²) in [6, 6.07) is -8.44. The van der Waals surface area contributed by atoms with Gasteiger partial charge in [-0.2, -0.15) is 0 Å². The number of likely N-dealkylation sites (tertiary alicyclic amines) is 1. The van der Waals surface area contributed by atoms with Gasteiger partial charge in [0.1, 0.15) is 42.3 Å². The molecule has 70 heavy (non-hydrogen) atoms. The van der Waals surface area contributed by atoms with Gasteiger partial charge in [-0.25, -0.2) is 0 Å². The molecule has 1 aliphatic rings. The lowest BCUT2D eigenvalue weighted by molar-refractivity contribution is -0.142. The van der Waals surface area contributed by atoms with E-state index in [4.69, 9.17) is 17.2 Å². The van der Waals surface area contributed by atoms with Crippen LogP contribution in [0.1, 0.15) is 113 Å². The fourth-order valence-corrected chi connectivity index (χ4v) is 7.47. The number of nitrogens with two attached hydrogens (primary N) is 3. The zero-order chi connectivity index (χ0) is 53.2. The van der Waals surface area contributed by atoms with Crippen LogP contribution in [-0.4, -0.2) is 175 Å². The van der Waals surface area contributed by atoms with Crippen LogP contribution in [0.2, 0.25) is 0 Å². The van der Waals surface area contributed by atoms with Crippen LogP contribution in [0.5, 0.6) is 0 Å². The van der Waals surface area contributed by atoms with Crippen LogP contribution in [0.15, 0.2) is 4.99 Å². The van der Waals surface area contributed by atoms with Gasteiger partial charge >= 0.3 is 0 Å². The monoisotopic (exact) mass is 995 g/mol. The highest BCUT2D eigenvalue weighted by Gasteiger charge is 2.40. The second-order valence-electron chi connectivity index (χ2n) is 18.1. The molecule has 1 aliphatic heterocycles. The van der Waals surface area contributed by atoms with Crippen molar-refractivity contribution >= 4 is 65.0 Å². The van der Waals surface area contributed by atoms with Crippen LogP contribution in [0.4, 0.5) is 0 Å². The third kappa shape index (κ3) is 21.7. The second kappa shape index (κ2) is 31.9. The van der Waals surface area contributed by atoms with E-state index in [0.717, 1.165) is 4.90 Å². The average molecular weight is 995 g/mol. The van der Waals surface area contributed by atoms with E-state index in [2.05, 4.69) is 47.5 Å². The molecule has 0 saturated carbocycles. The number of amides is 10. The first-order chi connectivity index (χ1) is 32.9. The molecule has 0 aliphatic carbocycles. The van der Waals surface area contributed by atoms with Gasteiger partial charge < -0.3 is 74.6 Å². The molecule has 25 heteroatoms. The highest BCUT2D eigenvalue weighted by atomic mass is 16.3. The van der Waals surface area contributed by atoms with Crippen LogP contribution >= 0.6 is 0 Å². The first-order valence-corrected chi connectivity index (χ1v) is 24.2. The lowest BCUT2D eigenvalue weighted by Crippen LogP contribution is -2.62. The number of aliphatic hydroxyl groups excluding tert-OH is 1. The van der Waals surface area contributed by atoms with Gasteiger partial charge in [0, 0.05) is 33.6 Å². The fraction of sp³-hybridized carbons (Fsp3) is 0.756. The highest BCUT2D eigenvalue weighted by Crippen LogP contribution is 2.20. The summed E-state index contributed by atoms with van der Waals surface area (Å²) in [6.45, 7) is 13.1.